The van der Waals surface area contributed by atoms with Gasteiger partial charge in [-0.3, -0.25) is 0 Å². The van der Waals surface area contributed by atoms with Crippen molar-refractivity contribution in [2.75, 3.05) is 33.3 Å². The fraction of sp³-hybridized carbons (Fsp3) is 1.00. The van der Waals surface area contributed by atoms with Crippen molar-refractivity contribution in [1.29, 1.82) is 0 Å². The molecule has 1 fully saturated rings. The van der Waals surface area contributed by atoms with Gasteiger partial charge in [-0.25, -0.2) is 0 Å². The summed E-state index contributed by atoms with van der Waals surface area (Å²) in [7, 11) is 2.13. The van der Waals surface area contributed by atoms with E-state index in [2.05, 4.69) is 24.2 Å². The second kappa shape index (κ2) is 5.58. The Morgan fingerprint density at radius 2 is 2.38 bits per heavy atom. The van der Waals surface area contributed by atoms with E-state index in [0.29, 0.717) is 18.6 Å². The Balaban J connectivity index is 2.12. The Morgan fingerprint density at radius 1 is 1.62 bits per heavy atom. The van der Waals surface area contributed by atoms with Crippen LogP contribution in [0.1, 0.15) is 19.8 Å². The summed E-state index contributed by atoms with van der Waals surface area (Å²) in [5.74, 6) is 0.395. The molecule has 0 aromatic carbocycles. The van der Waals surface area contributed by atoms with Crippen molar-refractivity contribution in [2.45, 2.75) is 25.8 Å². The first kappa shape index (κ1) is 11.0. The monoisotopic (exact) mass is 186 g/mol. The van der Waals surface area contributed by atoms with E-state index < -0.39 is 0 Å². The third-order valence-electron chi connectivity index (χ3n) is 2.63. The lowest BCUT2D eigenvalue weighted by molar-refractivity contribution is 0.184. The van der Waals surface area contributed by atoms with Gasteiger partial charge >= 0.3 is 0 Å². The minimum absolute atomic E-state index is 0.294. The highest BCUT2D eigenvalue weighted by Crippen LogP contribution is 2.07. The zero-order chi connectivity index (χ0) is 9.68. The number of aliphatic hydroxyl groups is 1. The molecule has 0 aromatic heterocycles. The Bertz CT molecular complexity index is 135. The molecule has 1 saturated heterocycles. The van der Waals surface area contributed by atoms with Gasteiger partial charge in [-0.05, 0) is 32.4 Å². The average Bonchev–Trinajstić information content (AvgIpc) is 2.56. The van der Waals surface area contributed by atoms with Crippen molar-refractivity contribution >= 4 is 0 Å². The average molecular weight is 186 g/mol. The minimum Gasteiger partial charge on any atom is -0.396 e. The van der Waals surface area contributed by atoms with Crippen LogP contribution in [0.2, 0.25) is 0 Å². The number of likely N-dealkylation sites (N-methyl/N-ethyl adjacent to an activating group) is 1. The van der Waals surface area contributed by atoms with Gasteiger partial charge in [0, 0.05) is 25.7 Å². The van der Waals surface area contributed by atoms with Crippen LogP contribution in [0, 0.1) is 5.92 Å². The zero-order valence-corrected chi connectivity index (χ0v) is 8.79. The molecule has 0 amide bonds. The van der Waals surface area contributed by atoms with Gasteiger partial charge in [0.05, 0.1) is 0 Å². The lowest BCUT2D eigenvalue weighted by atomic mass is 10.1. The molecular formula is C10H22N2O. The third-order valence-corrected chi connectivity index (χ3v) is 2.63. The first-order valence-electron chi connectivity index (χ1n) is 5.25. The quantitative estimate of drug-likeness (QED) is 0.648. The standard InChI is InChI=1S/C10H22N2O/c1-9(8-13)6-12(2)7-10-4-3-5-11-10/h9-11,13H,3-8H2,1-2H3. The number of aliphatic hydroxyl groups excluding tert-OH is 1. The zero-order valence-electron chi connectivity index (χ0n) is 8.79. The fourth-order valence-electron chi connectivity index (χ4n) is 1.95. The van der Waals surface area contributed by atoms with Gasteiger partial charge in [0.15, 0.2) is 0 Å². The normalized spacial score (nSPS) is 25.4. The van der Waals surface area contributed by atoms with Gasteiger partial charge in [-0.1, -0.05) is 6.92 Å². The smallest absolute Gasteiger partial charge is 0.0468 e. The number of nitrogens with zero attached hydrogens (tertiary/aromatic N) is 1. The van der Waals surface area contributed by atoms with Gasteiger partial charge in [0.25, 0.3) is 0 Å². The molecule has 13 heavy (non-hydrogen) atoms. The van der Waals surface area contributed by atoms with Crippen molar-refractivity contribution in [2.24, 2.45) is 5.92 Å². The Morgan fingerprint density at radius 3 is 2.92 bits per heavy atom. The molecule has 1 heterocycles. The molecule has 1 aliphatic heterocycles. The summed E-state index contributed by atoms with van der Waals surface area (Å²) in [5, 5.41) is 12.4. The third kappa shape index (κ3) is 4.07. The molecule has 3 nitrogen and oxygen atoms in total. The van der Waals surface area contributed by atoms with Crippen LogP contribution in [-0.4, -0.2) is 49.3 Å². The van der Waals surface area contributed by atoms with E-state index in [9.17, 15) is 0 Å². The van der Waals surface area contributed by atoms with Gasteiger partial charge < -0.3 is 15.3 Å². The molecule has 0 bridgehead atoms. The van der Waals surface area contributed by atoms with Gasteiger partial charge in [0.2, 0.25) is 0 Å². The minimum atomic E-state index is 0.294. The van der Waals surface area contributed by atoms with E-state index in [0.717, 1.165) is 13.1 Å². The summed E-state index contributed by atoms with van der Waals surface area (Å²) in [6.45, 7) is 5.66. The van der Waals surface area contributed by atoms with Crippen LogP contribution in [0.3, 0.4) is 0 Å². The molecule has 2 unspecified atom stereocenters. The largest absolute Gasteiger partial charge is 0.396 e. The van der Waals surface area contributed by atoms with Crippen LogP contribution in [0.5, 0.6) is 0 Å². The molecule has 0 aromatic rings. The molecule has 2 atom stereocenters. The van der Waals surface area contributed by atoms with Gasteiger partial charge in [-0.2, -0.15) is 0 Å². The summed E-state index contributed by atoms with van der Waals surface area (Å²) >= 11 is 0. The topological polar surface area (TPSA) is 35.5 Å². The van der Waals surface area contributed by atoms with Crippen molar-refractivity contribution < 1.29 is 5.11 Å². The van der Waals surface area contributed by atoms with Crippen LogP contribution in [0.15, 0.2) is 0 Å². The van der Waals surface area contributed by atoms with Crippen LogP contribution in [0.4, 0.5) is 0 Å². The summed E-state index contributed by atoms with van der Waals surface area (Å²) < 4.78 is 0. The molecule has 0 spiro atoms. The summed E-state index contributed by atoms with van der Waals surface area (Å²) in [5.41, 5.74) is 0. The van der Waals surface area contributed by atoms with E-state index in [1.54, 1.807) is 0 Å². The summed E-state index contributed by atoms with van der Waals surface area (Å²) in [4.78, 5) is 2.31. The molecule has 2 N–H and O–H groups in total. The number of hydrogen-bond donors (Lipinski definition) is 2. The maximum atomic E-state index is 8.90. The second-order valence-electron chi connectivity index (χ2n) is 4.30. The van der Waals surface area contributed by atoms with Crippen LogP contribution in [0.25, 0.3) is 0 Å². The Kier molecular flexibility index (Phi) is 4.70. The summed E-state index contributed by atoms with van der Waals surface area (Å²) in [6.07, 6.45) is 2.62. The maximum absolute atomic E-state index is 8.90. The molecule has 0 saturated carbocycles. The van der Waals surface area contributed by atoms with Gasteiger partial charge in [0.1, 0.15) is 0 Å². The fourth-order valence-corrected chi connectivity index (χ4v) is 1.95. The maximum Gasteiger partial charge on any atom is 0.0468 e. The lowest BCUT2D eigenvalue weighted by Gasteiger charge is -2.23. The Labute approximate surface area is 81.1 Å². The van der Waals surface area contributed by atoms with E-state index in [1.165, 1.54) is 19.4 Å². The van der Waals surface area contributed by atoms with Crippen molar-refractivity contribution in [3.05, 3.63) is 0 Å². The molecule has 0 aliphatic carbocycles. The first-order chi connectivity index (χ1) is 6.22. The van der Waals surface area contributed by atoms with E-state index >= 15 is 0 Å². The van der Waals surface area contributed by atoms with Crippen molar-refractivity contribution in [3.8, 4) is 0 Å². The van der Waals surface area contributed by atoms with E-state index in [4.69, 9.17) is 5.11 Å². The number of rotatable bonds is 5. The molecule has 1 rings (SSSR count). The molecule has 3 heteroatoms. The van der Waals surface area contributed by atoms with Crippen LogP contribution < -0.4 is 5.32 Å². The highest BCUT2D eigenvalue weighted by Gasteiger charge is 2.16. The predicted octanol–water partition coefficient (Wildman–Crippen LogP) is 0.299. The van der Waals surface area contributed by atoms with Crippen LogP contribution >= 0.6 is 0 Å². The van der Waals surface area contributed by atoms with E-state index in [1.807, 2.05) is 0 Å². The SMILES string of the molecule is CC(CO)CN(C)CC1CCCN1. The predicted molar refractivity (Wildman–Crippen MR) is 54.8 cm³/mol. The van der Waals surface area contributed by atoms with Crippen molar-refractivity contribution in [3.63, 3.8) is 0 Å². The molecule has 0 radical (unpaired) electrons. The number of hydrogen-bond acceptors (Lipinski definition) is 3. The number of nitrogens with one attached hydrogen (secondary N) is 1. The highest BCUT2D eigenvalue weighted by molar-refractivity contribution is 4.77. The van der Waals surface area contributed by atoms with E-state index in [-0.39, 0.29) is 0 Å². The Hall–Kier alpha value is -0.120. The molecule has 78 valence electrons. The molecule has 1 aliphatic rings. The van der Waals surface area contributed by atoms with Crippen LogP contribution in [-0.2, 0) is 0 Å². The first-order valence-corrected chi connectivity index (χ1v) is 5.25. The highest BCUT2D eigenvalue weighted by atomic mass is 16.3. The van der Waals surface area contributed by atoms with Crippen molar-refractivity contribution in [1.82, 2.24) is 10.2 Å². The molecular weight excluding hydrogens is 164 g/mol. The summed E-state index contributed by atoms with van der Waals surface area (Å²) in [6, 6.07) is 0.677. The van der Waals surface area contributed by atoms with Gasteiger partial charge in [-0.15, -0.1) is 0 Å². The lowest BCUT2D eigenvalue weighted by Crippen LogP contribution is -2.37. The second-order valence-corrected chi connectivity index (χ2v) is 4.30.